The normalized spacial score (nSPS) is 34.9. The molecule has 4 N–H and O–H groups in total. The van der Waals surface area contributed by atoms with Crippen LogP contribution in [0.15, 0.2) is 12.5 Å². The highest BCUT2D eigenvalue weighted by molar-refractivity contribution is 6.03. The number of fused-ring (bicyclic) bond motifs is 1. The number of nitrogens with one attached hydrogen (secondary N) is 2. The van der Waals surface area contributed by atoms with E-state index in [1.54, 1.807) is 12.5 Å². The molecule has 4 fully saturated rings. The Hall–Kier alpha value is -2.11. The average molecular weight is 311 g/mol. The maximum atomic E-state index is 11.8. The first-order valence-corrected chi connectivity index (χ1v) is 8.57. The fourth-order valence-corrected chi connectivity index (χ4v) is 5.56. The number of pyridine rings is 1. The maximum absolute atomic E-state index is 11.8. The minimum absolute atomic E-state index is 0.304. The number of anilines is 1. The number of imidazole rings is 1. The summed E-state index contributed by atoms with van der Waals surface area (Å²) >= 11 is 0. The lowest BCUT2D eigenvalue weighted by Crippen LogP contribution is -2.51. The Morgan fingerprint density at radius 2 is 1.83 bits per heavy atom. The largest absolute Gasteiger partial charge is 0.378 e. The van der Waals surface area contributed by atoms with Gasteiger partial charge in [0.1, 0.15) is 5.52 Å². The summed E-state index contributed by atoms with van der Waals surface area (Å²) in [4.78, 5) is 23.5. The van der Waals surface area contributed by atoms with E-state index in [-0.39, 0.29) is 0 Å². The second-order valence-electron chi connectivity index (χ2n) is 7.61. The molecule has 120 valence electrons. The van der Waals surface area contributed by atoms with Crippen LogP contribution in [0.1, 0.15) is 42.6 Å². The SMILES string of the molecule is NC(=O)c1ncc2[nH]cnc2c1NC1C2CC3CC(C2)CC1C3. The molecule has 6 heteroatoms. The number of nitrogens with two attached hydrogens (primary N) is 1. The van der Waals surface area contributed by atoms with Crippen LogP contribution in [0.25, 0.3) is 11.0 Å². The summed E-state index contributed by atoms with van der Waals surface area (Å²) in [5.74, 6) is 2.76. The molecule has 0 radical (unpaired) electrons. The van der Waals surface area contributed by atoms with Crippen molar-refractivity contribution in [3.8, 4) is 0 Å². The highest BCUT2D eigenvalue weighted by Crippen LogP contribution is 2.54. The molecular weight excluding hydrogens is 290 g/mol. The summed E-state index contributed by atoms with van der Waals surface area (Å²) in [6, 6.07) is 0.421. The summed E-state index contributed by atoms with van der Waals surface area (Å²) in [5, 5.41) is 3.66. The topological polar surface area (TPSA) is 96.7 Å². The van der Waals surface area contributed by atoms with Crippen LogP contribution in [0, 0.1) is 23.7 Å². The first-order chi connectivity index (χ1) is 11.2. The van der Waals surface area contributed by atoms with Crippen molar-refractivity contribution in [2.45, 2.75) is 38.1 Å². The number of rotatable bonds is 3. The van der Waals surface area contributed by atoms with Crippen LogP contribution in [-0.4, -0.2) is 26.9 Å². The number of carbonyl (C=O) groups excluding carboxylic acids is 1. The number of nitrogens with zero attached hydrogens (tertiary/aromatic N) is 2. The second kappa shape index (κ2) is 4.69. The summed E-state index contributed by atoms with van der Waals surface area (Å²) in [5.41, 5.74) is 8.17. The van der Waals surface area contributed by atoms with Gasteiger partial charge in [-0.05, 0) is 55.8 Å². The molecule has 0 atom stereocenters. The van der Waals surface area contributed by atoms with Gasteiger partial charge in [0.25, 0.3) is 5.91 Å². The molecule has 1 amide bonds. The Balaban J connectivity index is 1.55. The molecule has 6 nitrogen and oxygen atoms in total. The van der Waals surface area contributed by atoms with E-state index in [9.17, 15) is 4.79 Å². The van der Waals surface area contributed by atoms with E-state index in [2.05, 4.69) is 20.3 Å². The minimum atomic E-state index is -0.499. The maximum Gasteiger partial charge on any atom is 0.269 e. The van der Waals surface area contributed by atoms with Crippen molar-refractivity contribution in [3.05, 3.63) is 18.2 Å². The number of hydrogen-bond donors (Lipinski definition) is 3. The van der Waals surface area contributed by atoms with Crippen LogP contribution in [0.4, 0.5) is 5.69 Å². The van der Waals surface area contributed by atoms with Gasteiger partial charge in [0.15, 0.2) is 5.69 Å². The zero-order valence-electron chi connectivity index (χ0n) is 13.0. The highest BCUT2D eigenvalue weighted by atomic mass is 16.1. The third-order valence-corrected chi connectivity index (χ3v) is 6.24. The smallest absolute Gasteiger partial charge is 0.269 e. The van der Waals surface area contributed by atoms with Gasteiger partial charge in [-0.1, -0.05) is 0 Å². The van der Waals surface area contributed by atoms with Gasteiger partial charge in [0.2, 0.25) is 0 Å². The van der Waals surface area contributed by atoms with E-state index in [1.807, 2.05) is 0 Å². The summed E-state index contributed by atoms with van der Waals surface area (Å²) < 4.78 is 0. The third kappa shape index (κ3) is 1.97. The van der Waals surface area contributed by atoms with Gasteiger partial charge in [-0.15, -0.1) is 0 Å². The molecular formula is C17H21N5O. The number of carbonyl (C=O) groups is 1. The number of hydrogen-bond acceptors (Lipinski definition) is 4. The number of aromatic amines is 1. The Morgan fingerprint density at radius 1 is 1.13 bits per heavy atom. The minimum Gasteiger partial charge on any atom is -0.378 e. The Kier molecular flexibility index (Phi) is 2.72. The van der Waals surface area contributed by atoms with Crippen molar-refractivity contribution >= 4 is 22.6 Å². The highest BCUT2D eigenvalue weighted by Gasteiger charge is 2.48. The van der Waals surface area contributed by atoms with Crippen LogP contribution >= 0.6 is 0 Å². The van der Waals surface area contributed by atoms with Crippen LogP contribution in [-0.2, 0) is 0 Å². The molecule has 0 saturated heterocycles. The Morgan fingerprint density at radius 3 is 2.48 bits per heavy atom. The molecule has 4 aliphatic rings. The van der Waals surface area contributed by atoms with Gasteiger partial charge in [0, 0.05) is 6.04 Å². The lowest BCUT2D eigenvalue weighted by atomic mass is 9.54. The zero-order chi connectivity index (χ0) is 15.6. The fraction of sp³-hybridized carbons (Fsp3) is 0.588. The summed E-state index contributed by atoms with van der Waals surface area (Å²) in [7, 11) is 0. The number of primary amides is 1. The van der Waals surface area contributed by atoms with Gasteiger partial charge in [-0.2, -0.15) is 0 Å². The van der Waals surface area contributed by atoms with Crippen LogP contribution in [0.3, 0.4) is 0 Å². The zero-order valence-corrected chi connectivity index (χ0v) is 13.0. The summed E-state index contributed by atoms with van der Waals surface area (Å²) in [6.45, 7) is 0. The first-order valence-electron chi connectivity index (χ1n) is 8.57. The molecule has 4 aliphatic carbocycles. The van der Waals surface area contributed by atoms with Crippen molar-refractivity contribution in [3.63, 3.8) is 0 Å². The second-order valence-corrected chi connectivity index (χ2v) is 7.61. The van der Waals surface area contributed by atoms with Crippen molar-refractivity contribution in [2.75, 3.05) is 5.32 Å². The molecule has 23 heavy (non-hydrogen) atoms. The molecule has 2 aromatic heterocycles. The molecule has 0 aliphatic heterocycles. The monoisotopic (exact) mass is 311 g/mol. The third-order valence-electron chi connectivity index (χ3n) is 6.24. The van der Waals surface area contributed by atoms with Gasteiger partial charge in [0.05, 0.1) is 23.7 Å². The molecule has 0 aromatic carbocycles. The van der Waals surface area contributed by atoms with E-state index in [0.717, 1.165) is 22.9 Å². The van der Waals surface area contributed by atoms with Crippen molar-refractivity contribution in [1.29, 1.82) is 0 Å². The Labute approximate surface area is 134 Å². The van der Waals surface area contributed by atoms with E-state index in [1.165, 1.54) is 32.1 Å². The molecule has 2 heterocycles. The molecule has 0 unspecified atom stereocenters. The lowest BCUT2D eigenvalue weighted by Gasteiger charge is -2.54. The van der Waals surface area contributed by atoms with E-state index in [0.29, 0.717) is 29.3 Å². The van der Waals surface area contributed by atoms with Crippen molar-refractivity contribution < 1.29 is 4.79 Å². The van der Waals surface area contributed by atoms with E-state index >= 15 is 0 Å². The quantitative estimate of drug-likeness (QED) is 0.810. The van der Waals surface area contributed by atoms with Gasteiger partial charge in [-0.3, -0.25) is 4.79 Å². The Bertz CT molecular complexity index is 754. The van der Waals surface area contributed by atoms with Gasteiger partial charge in [-0.25, -0.2) is 9.97 Å². The number of amides is 1. The van der Waals surface area contributed by atoms with Crippen molar-refractivity contribution in [1.82, 2.24) is 15.0 Å². The first kappa shape index (κ1) is 13.3. The fourth-order valence-electron chi connectivity index (χ4n) is 5.56. The lowest BCUT2D eigenvalue weighted by molar-refractivity contribution is 0.00754. The predicted molar refractivity (Wildman–Crippen MR) is 86.9 cm³/mol. The van der Waals surface area contributed by atoms with E-state index < -0.39 is 5.91 Å². The average Bonchev–Trinajstić information content (AvgIpc) is 2.98. The van der Waals surface area contributed by atoms with Gasteiger partial charge < -0.3 is 16.0 Å². The molecule has 6 rings (SSSR count). The van der Waals surface area contributed by atoms with Crippen LogP contribution in [0.5, 0.6) is 0 Å². The molecule has 2 aromatic rings. The van der Waals surface area contributed by atoms with Gasteiger partial charge >= 0.3 is 0 Å². The summed E-state index contributed by atoms with van der Waals surface area (Å²) in [6.07, 6.45) is 9.98. The molecule has 0 spiro atoms. The van der Waals surface area contributed by atoms with Crippen LogP contribution < -0.4 is 11.1 Å². The standard InChI is InChI=1S/C17H21N5O/c18-17(23)16-15(14-12(6-19-16)20-7-21-14)22-13-10-2-8-1-9(4-10)5-11(13)3-8/h6-11,13,22H,1-5H2,(H2,18,23)(H,20,21). The molecule has 4 saturated carbocycles. The van der Waals surface area contributed by atoms with E-state index in [4.69, 9.17) is 5.73 Å². The number of aromatic nitrogens is 3. The number of H-pyrrole nitrogens is 1. The van der Waals surface area contributed by atoms with Crippen molar-refractivity contribution in [2.24, 2.45) is 29.4 Å². The predicted octanol–water partition coefficient (Wildman–Crippen LogP) is 2.29. The molecule has 4 bridgehead atoms. The van der Waals surface area contributed by atoms with Crippen LogP contribution in [0.2, 0.25) is 0 Å².